The Balaban J connectivity index is 3.04. The largest absolute Gasteiger partial charge is 0.385 e. The number of nitrogens with two attached hydrogens (primary N) is 1. The van der Waals surface area contributed by atoms with Crippen LogP contribution in [-0.4, -0.2) is 35.1 Å². The highest BCUT2D eigenvalue weighted by atomic mass is 16.2. The molecule has 6 heteroatoms. The van der Waals surface area contributed by atoms with E-state index >= 15 is 0 Å². The predicted molar refractivity (Wildman–Crippen MR) is 68.1 cm³/mol. The molecule has 0 bridgehead atoms. The van der Waals surface area contributed by atoms with E-state index < -0.39 is 11.2 Å². The first kappa shape index (κ1) is 13.5. The molecule has 0 aliphatic carbocycles. The second kappa shape index (κ2) is 4.75. The Bertz CT molecular complexity index is 499. The second-order valence-electron chi connectivity index (χ2n) is 5.35. The van der Waals surface area contributed by atoms with E-state index in [1.54, 1.807) is 0 Å². The van der Waals surface area contributed by atoms with Gasteiger partial charge in [0, 0.05) is 19.2 Å². The smallest absolute Gasteiger partial charge is 0.329 e. The molecule has 0 radical (unpaired) electrons. The minimum atomic E-state index is -0.464. The molecule has 0 spiro atoms. The lowest BCUT2D eigenvalue weighted by molar-refractivity contribution is 0.209. The maximum absolute atomic E-state index is 11.6. The molecular weight excluding hydrogens is 220 g/mol. The van der Waals surface area contributed by atoms with Gasteiger partial charge in [0.2, 0.25) is 0 Å². The van der Waals surface area contributed by atoms with Gasteiger partial charge in [-0.3, -0.25) is 14.3 Å². The van der Waals surface area contributed by atoms with Gasteiger partial charge in [-0.2, -0.15) is 0 Å². The van der Waals surface area contributed by atoms with E-state index in [2.05, 4.69) is 4.98 Å². The number of aromatic amines is 1. The maximum atomic E-state index is 11.6. The third-order valence-electron chi connectivity index (χ3n) is 2.40. The summed E-state index contributed by atoms with van der Waals surface area (Å²) in [7, 11) is 3.95. The zero-order valence-corrected chi connectivity index (χ0v) is 10.8. The number of hydrogen-bond acceptors (Lipinski definition) is 4. The van der Waals surface area contributed by atoms with Gasteiger partial charge in [-0.05, 0) is 19.5 Å². The molecule has 0 unspecified atom stereocenters. The molecule has 6 nitrogen and oxygen atoms in total. The highest BCUT2D eigenvalue weighted by Crippen LogP contribution is 2.18. The summed E-state index contributed by atoms with van der Waals surface area (Å²) in [6.45, 7) is 5.37. The molecule has 0 aromatic carbocycles. The lowest BCUT2D eigenvalue weighted by Gasteiger charge is -2.29. The van der Waals surface area contributed by atoms with Crippen molar-refractivity contribution in [3.05, 3.63) is 26.9 Å². The number of aromatic nitrogens is 2. The monoisotopic (exact) mass is 240 g/mol. The Morgan fingerprint density at radius 3 is 2.47 bits per heavy atom. The van der Waals surface area contributed by atoms with Crippen LogP contribution >= 0.6 is 0 Å². The normalized spacial score (nSPS) is 12.1. The number of rotatable bonds is 4. The van der Waals surface area contributed by atoms with Crippen molar-refractivity contribution in [1.82, 2.24) is 14.5 Å². The van der Waals surface area contributed by atoms with Gasteiger partial charge >= 0.3 is 5.69 Å². The van der Waals surface area contributed by atoms with Crippen LogP contribution in [0.3, 0.4) is 0 Å². The molecule has 1 heterocycles. The summed E-state index contributed by atoms with van der Waals surface area (Å²) in [4.78, 5) is 27.0. The standard InChI is InChI=1S/C11H20N4O2/c1-11(2,6-14(3)4)7-15-8(12)5-9(16)13-10(15)17/h5H,6-7,12H2,1-4H3,(H,13,16,17). The zero-order chi connectivity index (χ0) is 13.2. The third kappa shape index (κ3) is 3.74. The van der Waals surface area contributed by atoms with Crippen molar-refractivity contribution in [2.24, 2.45) is 5.41 Å². The highest BCUT2D eigenvalue weighted by molar-refractivity contribution is 5.26. The average molecular weight is 240 g/mol. The highest BCUT2D eigenvalue weighted by Gasteiger charge is 2.21. The van der Waals surface area contributed by atoms with Crippen molar-refractivity contribution < 1.29 is 0 Å². The van der Waals surface area contributed by atoms with E-state index in [0.29, 0.717) is 6.54 Å². The van der Waals surface area contributed by atoms with Crippen LogP contribution in [0.2, 0.25) is 0 Å². The second-order valence-corrected chi connectivity index (χ2v) is 5.35. The van der Waals surface area contributed by atoms with Crippen molar-refractivity contribution in [3.63, 3.8) is 0 Å². The topological polar surface area (TPSA) is 84.1 Å². The molecule has 0 atom stereocenters. The summed E-state index contributed by atoms with van der Waals surface area (Å²) in [5, 5.41) is 0. The molecule has 96 valence electrons. The van der Waals surface area contributed by atoms with Crippen LogP contribution in [0.15, 0.2) is 15.7 Å². The third-order valence-corrected chi connectivity index (χ3v) is 2.40. The van der Waals surface area contributed by atoms with E-state index in [4.69, 9.17) is 5.73 Å². The summed E-state index contributed by atoms with van der Waals surface area (Å²) >= 11 is 0. The van der Waals surface area contributed by atoms with Gasteiger partial charge in [0.1, 0.15) is 5.82 Å². The Labute approximate surface area is 100 Å². The predicted octanol–water partition coefficient (Wildman–Crippen LogP) is -0.293. The molecule has 17 heavy (non-hydrogen) atoms. The fourth-order valence-corrected chi connectivity index (χ4v) is 2.04. The fourth-order valence-electron chi connectivity index (χ4n) is 2.04. The van der Waals surface area contributed by atoms with E-state index in [9.17, 15) is 9.59 Å². The van der Waals surface area contributed by atoms with E-state index in [0.717, 1.165) is 6.54 Å². The maximum Gasteiger partial charge on any atom is 0.329 e. The van der Waals surface area contributed by atoms with Gasteiger partial charge in [0.05, 0.1) is 0 Å². The van der Waals surface area contributed by atoms with Crippen LogP contribution in [0.4, 0.5) is 5.82 Å². The van der Waals surface area contributed by atoms with Gasteiger partial charge in [-0.25, -0.2) is 4.79 Å². The summed E-state index contributed by atoms with van der Waals surface area (Å²) < 4.78 is 1.39. The summed E-state index contributed by atoms with van der Waals surface area (Å²) in [6.07, 6.45) is 0. The number of hydrogen-bond donors (Lipinski definition) is 2. The number of anilines is 1. The Kier molecular flexibility index (Phi) is 3.77. The summed E-state index contributed by atoms with van der Waals surface area (Å²) in [5.41, 5.74) is 4.66. The van der Waals surface area contributed by atoms with E-state index in [1.165, 1.54) is 10.6 Å². The van der Waals surface area contributed by atoms with Gasteiger partial charge < -0.3 is 10.6 Å². The number of H-pyrrole nitrogens is 1. The van der Waals surface area contributed by atoms with Crippen molar-refractivity contribution in [3.8, 4) is 0 Å². The van der Waals surface area contributed by atoms with Crippen molar-refractivity contribution in [2.45, 2.75) is 20.4 Å². The first-order valence-corrected chi connectivity index (χ1v) is 5.46. The van der Waals surface area contributed by atoms with Gasteiger partial charge in [-0.15, -0.1) is 0 Å². The quantitative estimate of drug-likeness (QED) is 0.757. The minimum absolute atomic E-state index is 0.111. The van der Waals surface area contributed by atoms with Crippen LogP contribution in [0.1, 0.15) is 13.8 Å². The lowest BCUT2D eigenvalue weighted by Crippen LogP contribution is -2.39. The number of nitrogen functional groups attached to an aromatic ring is 1. The van der Waals surface area contributed by atoms with E-state index in [-0.39, 0.29) is 11.2 Å². The molecule has 0 aliphatic rings. The summed E-state index contributed by atoms with van der Waals surface area (Å²) in [6, 6.07) is 1.23. The summed E-state index contributed by atoms with van der Waals surface area (Å²) in [5.74, 6) is 0.200. The molecule has 0 saturated carbocycles. The van der Waals surface area contributed by atoms with Crippen molar-refractivity contribution in [2.75, 3.05) is 26.4 Å². The molecule has 1 rings (SSSR count). The molecule has 0 amide bonds. The Morgan fingerprint density at radius 2 is 2.00 bits per heavy atom. The van der Waals surface area contributed by atoms with Gasteiger partial charge in [0.15, 0.2) is 0 Å². The zero-order valence-electron chi connectivity index (χ0n) is 10.8. The van der Waals surface area contributed by atoms with Crippen molar-refractivity contribution in [1.29, 1.82) is 0 Å². The molecule has 1 aromatic rings. The molecular formula is C11H20N4O2. The van der Waals surface area contributed by atoms with Crippen molar-refractivity contribution >= 4 is 5.82 Å². The molecule has 3 N–H and O–H groups in total. The fraction of sp³-hybridized carbons (Fsp3) is 0.636. The minimum Gasteiger partial charge on any atom is -0.385 e. The molecule has 1 aromatic heterocycles. The molecule has 0 fully saturated rings. The van der Waals surface area contributed by atoms with Crippen LogP contribution in [0, 0.1) is 5.41 Å². The van der Waals surface area contributed by atoms with E-state index in [1.807, 2.05) is 32.8 Å². The average Bonchev–Trinajstić information content (AvgIpc) is 2.09. The van der Waals surface area contributed by atoms with Crippen LogP contribution in [0.5, 0.6) is 0 Å². The first-order chi connectivity index (χ1) is 7.71. The first-order valence-electron chi connectivity index (χ1n) is 5.46. The SMILES string of the molecule is CN(C)CC(C)(C)Cn1c(N)cc(=O)[nH]c1=O. The lowest BCUT2D eigenvalue weighted by atomic mass is 9.93. The van der Waals surface area contributed by atoms with Crippen LogP contribution in [0.25, 0.3) is 0 Å². The van der Waals surface area contributed by atoms with Crippen LogP contribution < -0.4 is 17.0 Å². The molecule has 0 saturated heterocycles. The Morgan fingerprint density at radius 1 is 1.41 bits per heavy atom. The Hall–Kier alpha value is -1.56. The number of nitrogens with zero attached hydrogens (tertiary/aromatic N) is 2. The molecule has 0 aliphatic heterocycles. The van der Waals surface area contributed by atoms with Gasteiger partial charge in [0.25, 0.3) is 5.56 Å². The number of nitrogens with one attached hydrogen (secondary N) is 1. The van der Waals surface area contributed by atoms with Gasteiger partial charge in [-0.1, -0.05) is 13.8 Å². The van der Waals surface area contributed by atoms with Crippen LogP contribution in [-0.2, 0) is 6.54 Å².